The Bertz CT molecular complexity index is 368. The van der Waals surface area contributed by atoms with Crippen LogP contribution in [0.15, 0.2) is 22.7 Å². The molecule has 3 nitrogen and oxygen atoms in total. The van der Waals surface area contributed by atoms with Crippen molar-refractivity contribution in [1.82, 2.24) is 5.32 Å². The van der Waals surface area contributed by atoms with E-state index in [0.717, 1.165) is 0 Å². The van der Waals surface area contributed by atoms with Crippen molar-refractivity contribution in [2.45, 2.75) is 13.0 Å². The van der Waals surface area contributed by atoms with Gasteiger partial charge >= 0.3 is 0 Å². The Kier molecular flexibility index (Phi) is 4.23. The van der Waals surface area contributed by atoms with Gasteiger partial charge in [-0.25, -0.2) is 4.39 Å². The van der Waals surface area contributed by atoms with Gasteiger partial charge in [-0.1, -0.05) is 6.07 Å². The lowest BCUT2D eigenvalue weighted by Gasteiger charge is -2.08. The Morgan fingerprint density at radius 2 is 2.33 bits per heavy atom. The number of carbonyl (C=O) groups excluding carboxylic acids is 1. The number of hydrogen-bond acceptors (Lipinski definition) is 2. The minimum absolute atomic E-state index is 0.132. The smallest absolute Gasteiger partial charge is 0.252 e. The molecule has 1 aromatic rings. The molecule has 1 aromatic carbocycles. The zero-order valence-electron chi connectivity index (χ0n) is 8.13. The fourth-order valence-electron chi connectivity index (χ4n) is 1.01. The molecule has 1 atom stereocenters. The Hall–Kier alpha value is -0.940. The first-order chi connectivity index (χ1) is 7.02. The molecular formula is C10H11BrFNO2. The molecule has 0 saturated carbocycles. The third-order valence-electron chi connectivity index (χ3n) is 1.75. The summed E-state index contributed by atoms with van der Waals surface area (Å²) in [5.74, 6) is -0.901. The normalized spacial score (nSPS) is 12.3. The van der Waals surface area contributed by atoms with E-state index in [9.17, 15) is 9.18 Å². The highest BCUT2D eigenvalue weighted by Gasteiger charge is 2.12. The number of rotatable bonds is 3. The lowest BCUT2D eigenvalue weighted by molar-refractivity contribution is 0.0922. The second-order valence-corrected chi connectivity index (χ2v) is 3.95. The van der Waals surface area contributed by atoms with Gasteiger partial charge in [0, 0.05) is 6.54 Å². The monoisotopic (exact) mass is 275 g/mol. The summed E-state index contributed by atoms with van der Waals surface area (Å²) in [6.07, 6.45) is -0.624. The number of aliphatic hydroxyl groups excluding tert-OH is 1. The van der Waals surface area contributed by atoms with Crippen LogP contribution in [0.4, 0.5) is 4.39 Å². The standard InChI is InChI=1S/C10H11BrFNO2/c1-6(14)5-13-10(15)7-3-2-4-8(12)9(7)11/h2-4,6,14H,5H2,1H3,(H,13,15)/t6-/m1/s1. The number of amides is 1. The van der Waals surface area contributed by atoms with Crippen LogP contribution < -0.4 is 5.32 Å². The Labute approximate surface area is 95.4 Å². The van der Waals surface area contributed by atoms with Crippen molar-refractivity contribution >= 4 is 21.8 Å². The van der Waals surface area contributed by atoms with Crippen LogP contribution >= 0.6 is 15.9 Å². The number of nitrogens with one attached hydrogen (secondary N) is 1. The molecule has 0 radical (unpaired) electrons. The molecule has 5 heteroatoms. The molecule has 1 amide bonds. The van der Waals surface area contributed by atoms with Gasteiger partial charge < -0.3 is 10.4 Å². The maximum absolute atomic E-state index is 13.1. The van der Waals surface area contributed by atoms with Gasteiger partial charge in [0.1, 0.15) is 5.82 Å². The van der Waals surface area contributed by atoms with Crippen molar-refractivity contribution in [3.8, 4) is 0 Å². The molecule has 0 spiro atoms. The van der Waals surface area contributed by atoms with Gasteiger partial charge in [-0.3, -0.25) is 4.79 Å². The van der Waals surface area contributed by atoms with Gasteiger partial charge in [0.05, 0.1) is 16.1 Å². The maximum Gasteiger partial charge on any atom is 0.252 e. The van der Waals surface area contributed by atoms with Crippen LogP contribution in [-0.2, 0) is 0 Å². The Balaban J connectivity index is 2.78. The van der Waals surface area contributed by atoms with Gasteiger partial charge in [0.15, 0.2) is 0 Å². The number of benzene rings is 1. The fraction of sp³-hybridized carbons (Fsp3) is 0.300. The largest absolute Gasteiger partial charge is 0.392 e. The van der Waals surface area contributed by atoms with E-state index < -0.39 is 17.8 Å². The molecule has 0 aromatic heterocycles. The summed E-state index contributed by atoms with van der Waals surface area (Å²) in [7, 11) is 0. The lowest BCUT2D eigenvalue weighted by Crippen LogP contribution is -2.30. The number of aliphatic hydroxyl groups is 1. The SMILES string of the molecule is C[C@@H](O)CNC(=O)c1cccc(F)c1Br. The molecule has 0 saturated heterocycles. The molecule has 0 aliphatic rings. The molecule has 2 N–H and O–H groups in total. The number of carbonyl (C=O) groups is 1. The minimum atomic E-state index is -0.624. The minimum Gasteiger partial charge on any atom is -0.392 e. The average Bonchev–Trinajstić information content (AvgIpc) is 2.18. The number of halogens is 2. The summed E-state index contributed by atoms with van der Waals surface area (Å²) in [4.78, 5) is 11.5. The van der Waals surface area contributed by atoms with E-state index >= 15 is 0 Å². The highest BCUT2D eigenvalue weighted by molar-refractivity contribution is 9.10. The molecule has 0 aliphatic heterocycles. The van der Waals surface area contributed by atoms with Gasteiger partial charge in [-0.05, 0) is 35.0 Å². The molecule has 0 fully saturated rings. The van der Waals surface area contributed by atoms with Gasteiger partial charge in [-0.15, -0.1) is 0 Å². The maximum atomic E-state index is 13.1. The summed E-state index contributed by atoms with van der Waals surface area (Å²) in [6, 6.07) is 4.22. The van der Waals surface area contributed by atoms with Crippen molar-refractivity contribution in [3.63, 3.8) is 0 Å². The van der Waals surface area contributed by atoms with Crippen molar-refractivity contribution in [2.24, 2.45) is 0 Å². The molecule has 0 bridgehead atoms. The van der Waals surface area contributed by atoms with E-state index in [1.165, 1.54) is 18.2 Å². The van der Waals surface area contributed by atoms with E-state index in [1.807, 2.05) is 0 Å². The summed E-state index contributed by atoms with van der Waals surface area (Å²) < 4.78 is 13.2. The van der Waals surface area contributed by atoms with Crippen molar-refractivity contribution < 1.29 is 14.3 Å². The number of hydrogen-bond donors (Lipinski definition) is 2. The summed E-state index contributed by atoms with van der Waals surface area (Å²) in [5, 5.41) is 11.5. The van der Waals surface area contributed by atoms with E-state index in [4.69, 9.17) is 5.11 Å². The molecule has 0 heterocycles. The van der Waals surface area contributed by atoms with Crippen molar-refractivity contribution in [3.05, 3.63) is 34.1 Å². The van der Waals surface area contributed by atoms with E-state index in [2.05, 4.69) is 21.2 Å². The van der Waals surface area contributed by atoms with Crippen LogP contribution in [0.5, 0.6) is 0 Å². The van der Waals surface area contributed by atoms with Gasteiger partial charge in [-0.2, -0.15) is 0 Å². The Morgan fingerprint density at radius 3 is 2.93 bits per heavy atom. The highest BCUT2D eigenvalue weighted by Crippen LogP contribution is 2.19. The van der Waals surface area contributed by atoms with Gasteiger partial charge in [0.2, 0.25) is 0 Å². The van der Waals surface area contributed by atoms with E-state index in [0.29, 0.717) is 0 Å². The first kappa shape index (κ1) is 12.1. The third-order valence-corrected chi connectivity index (χ3v) is 2.56. The molecular weight excluding hydrogens is 265 g/mol. The first-order valence-corrected chi connectivity index (χ1v) is 5.22. The van der Waals surface area contributed by atoms with E-state index in [-0.39, 0.29) is 16.6 Å². The fourth-order valence-corrected chi connectivity index (χ4v) is 1.46. The zero-order chi connectivity index (χ0) is 11.4. The van der Waals surface area contributed by atoms with Gasteiger partial charge in [0.25, 0.3) is 5.91 Å². The second-order valence-electron chi connectivity index (χ2n) is 3.16. The Morgan fingerprint density at radius 1 is 1.67 bits per heavy atom. The predicted molar refractivity (Wildman–Crippen MR) is 58.1 cm³/mol. The van der Waals surface area contributed by atoms with Crippen LogP contribution in [0, 0.1) is 5.82 Å². The summed E-state index contributed by atoms with van der Waals surface area (Å²) >= 11 is 2.99. The quantitative estimate of drug-likeness (QED) is 0.882. The average molecular weight is 276 g/mol. The third kappa shape index (κ3) is 3.28. The summed E-state index contributed by atoms with van der Waals surface area (Å²) in [6.45, 7) is 1.70. The van der Waals surface area contributed by atoms with Crippen molar-refractivity contribution in [1.29, 1.82) is 0 Å². The molecule has 82 valence electrons. The zero-order valence-corrected chi connectivity index (χ0v) is 9.71. The summed E-state index contributed by atoms with van der Waals surface area (Å²) in [5.41, 5.74) is 0.218. The van der Waals surface area contributed by atoms with Crippen LogP contribution in [-0.4, -0.2) is 23.7 Å². The lowest BCUT2D eigenvalue weighted by atomic mass is 10.2. The van der Waals surface area contributed by atoms with Crippen LogP contribution in [0.25, 0.3) is 0 Å². The van der Waals surface area contributed by atoms with Crippen LogP contribution in [0.2, 0.25) is 0 Å². The van der Waals surface area contributed by atoms with Crippen LogP contribution in [0.3, 0.4) is 0 Å². The topological polar surface area (TPSA) is 49.3 Å². The van der Waals surface area contributed by atoms with E-state index in [1.54, 1.807) is 6.92 Å². The molecule has 0 aliphatic carbocycles. The first-order valence-electron chi connectivity index (χ1n) is 4.42. The predicted octanol–water partition coefficient (Wildman–Crippen LogP) is 1.70. The molecule has 15 heavy (non-hydrogen) atoms. The molecule has 0 unspecified atom stereocenters. The molecule has 1 rings (SSSR count). The second kappa shape index (κ2) is 5.23. The van der Waals surface area contributed by atoms with Crippen LogP contribution in [0.1, 0.15) is 17.3 Å². The van der Waals surface area contributed by atoms with Crippen molar-refractivity contribution in [2.75, 3.05) is 6.54 Å². The highest BCUT2D eigenvalue weighted by atomic mass is 79.9.